The molecule has 0 aliphatic carbocycles. The first-order chi connectivity index (χ1) is 9.19. The molecule has 0 amide bonds. The molecule has 0 atom stereocenters. The lowest BCUT2D eigenvalue weighted by molar-refractivity contribution is 0.677. The van der Waals surface area contributed by atoms with Crippen molar-refractivity contribution < 1.29 is 0 Å². The summed E-state index contributed by atoms with van der Waals surface area (Å²) in [5.74, 6) is 0. The van der Waals surface area contributed by atoms with Crippen LogP contribution in [-0.4, -0.2) is 4.98 Å². The Balaban J connectivity index is 1.91. The van der Waals surface area contributed by atoms with Gasteiger partial charge in [0.2, 0.25) is 0 Å². The Morgan fingerprint density at radius 1 is 1.16 bits per heavy atom. The van der Waals surface area contributed by atoms with Crippen molar-refractivity contribution in [2.24, 2.45) is 0 Å². The highest BCUT2D eigenvalue weighted by Crippen LogP contribution is 2.19. The molecule has 0 radical (unpaired) electrons. The van der Waals surface area contributed by atoms with Crippen molar-refractivity contribution in [3.63, 3.8) is 0 Å². The van der Waals surface area contributed by atoms with Crippen LogP contribution in [0.15, 0.2) is 45.5 Å². The first kappa shape index (κ1) is 14.2. The molecular weight excluding hydrogens is 370 g/mol. The van der Waals surface area contributed by atoms with Crippen LogP contribution in [-0.2, 0) is 13.1 Å². The van der Waals surface area contributed by atoms with E-state index in [1.54, 1.807) is 6.20 Å². The second-order valence-electron chi connectivity index (χ2n) is 3.99. The highest BCUT2D eigenvalue weighted by atomic mass is 79.9. The number of hydrogen-bond acceptors (Lipinski definition) is 3. The van der Waals surface area contributed by atoms with Crippen molar-refractivity contribution in [3.05, 3.63) is 62.3 Å². The van der Waals surface area contributed by atoms with Crippen molar-refractivity contribution in [3.8, 4) is 6.07 Å². The first-order valence-electron chi connectivity index (χ1n) is 5.68. The molecule has 1 aromatic heterocycles. The number of rotatable bonds is 4. The molecule has 1 N–H and O–H groups in total. The monoisotopic (exact) mass is 379 g/mol. The van der Waals surface area contributed by atoms with E-state index in [2.05, 4.69) is 48.2 Å². The Bertz CT molecular complexity index is 603. The summed E-state index contributed by atoms with van der Waals surface area (Å²) in [6.07, 6.45) is 1.78. The van der Waals surface area contributed by atoms with Crippen LogP contribution in [0.1, 0.15) is 16.8 Å². The van der Waals surface area contributed by atoms with Crippen molar-refractivity contribution in [1.29, 1.82) is 5.26 Å². The summed E-state index contributed by atoms with van der Waals surface area (Å²) in [6, 6.07) is 11.6. The van der Waals surface area contributed by atoms with Gasteiger partial charge in [-0.1, -0.05) is 12.1 Å². The lowest BCUT2D eigenvalue weighted by Gasteiger charge is -2.06. The van der Waals surface area contributed by atoms with Crippen LogP contribution >= 0.6 is 31.9 Å². The fourth-order valence-electron chi connectivity index (χ4n) is 1.60. The van der Waals surface area contributed by atoms with Crippen molar-refractivity contribution >= 4 is 31.9 Å². The summed E-state index contributed by atoms with van der Waals surface area (Å²) in [6.45, 7) is 1.43. The Kier molecular flexibility index (Phi) is 5.08. The van der Waals surface area contributed by atoms with Gasteiger partial charge in [0.1, 0.15) is 0 Å². The van der Waals surface area contributed by atoms with Crippen molar-refractivity contribution in [1.82, 2.24) is 10.3 Å². The molecule has 0 unspecified atom stereocenters. The smallest absolute Gasteiger partial charge is 0.0991 e. The maximum Gasteiger partial charge on any atom is 0.0991 e. The van der Waals surface area contributed by atoms with Crippen LogP contribution < -0.4 is 5.32 Å². The number of hydrogen-bond donors (Lipinski definition) is 1. The van der Waals surface area contributed by atoms with E-state index in [0.717, 1.165) is 26.7 Å². The molecule has 0 saturated heterocycles. The fraction of sp³-hybridized carbons (Fsp3) is 0.143. The summed E-state index contributed by atoms with van der Waals surface area (Å²) in [4.78, 5) is 4.34. The van der Waals surface area contributed by atoms with Crippen molar-refractivity contribution in [2.45, 2.75) is 13.1 Å². The van der Waals surface area contributed by atoms with E-state index in [4.69, 9.17) is 5.26 Å². The summed E-state index contributed by atoms with van der Waals surface area (Å²) >= 11 is 6.86. The molecule has 0 spiro atoms. The van der Waals surface area contributed by atoms with Gasteiger partial charge in [0.15, 0.2) is 0 Å². The molecule has 0 saturated carbocycles. The van der Waals surface area contributed by atoms with Gasteiger partial charge in [-0.05, 0) is 55.6 Å². The quantitative estimate of drug-likeness (QED) is 0.878. The van der Waals surface area contributed by atoms with Crippen LogP contribution in [0, 0.1) is 11.3 Å². The van der Waals surface area contributed by atoms with E-state index in [1.807, 2.05) is 30.3 Å². The Morgan fingerprint density at radius 2 is 1.89 bits per heavy atom. The van der Waals surface area contributed by atoms with Gasteiger partial charge in [-0.25, -0.2) is 0 Å². The van der Waals surface area contributed by atoms with Gasteiger partial charge in [0, 0.05) is 28.2 Å². The standard InChI is InChI=1S/C14H11Br2N3/c15-12-5-13(16)14(19-8-12)9-18-7-11-3-1-10(6-17)2-4-11/h1-5,8,18H,7,9H2. The number of nitrogens with one attached hydrogen (secondary N) is 1. The number of benzene rings is 1. The van der Waals surface area contributed by atoms with Gasteiger partial charge in [-0.3, -0.25) is 4.98 Å². The Hall–Kier alpha value is -1.22. The second kappa shape index (κ2) is 6.80. The number of nitrogens with zero attached hydrogens (tertiary/aromatic N) is 2. The molecule has 0 fully saturated rings. The van der Waals surface area contributed by atoms with Crippen LogP contribution in [0.2, 0.25) is 0 Å². The molecule has 5 heteroatoms. The van der Waals surface area contributed by atoms with Gasteiger partial charge in [0.25, 0.3) is 0 Å². The molecule has 96 valence electrons. The molecule has 19 heavy (non-hydrogen) atoms. The average Bonchev–Trinajstić information content (AvgIpc) is 2.42. The summed E-state index contributed by atoms with van der Waals surface area (Å²) in [5, 5.41) is 12.0. The number of nitriles is 1. The zero-order valence-electron chi connectivity index (χ0n) is 10.0. The minimum atomic E-state index is 0.682. The fourth-order valence-corrected chi connectivity index (χ4v) is 2.72. The van der Waals surface area contributed by atoms with Gasteiger partial charge in [0.05, 0.1) is 17.3 Å². The maximum atomic E-state index is 8.72. The van der Waals surface area contributed by atoms with E-state index >= 15 is 0 Å². The number of halogens is 2. The van der Waals surface area contributed by atoms with E-state index in [1.165, 1.54) is 0 Å². The summed E-state index contributed by atoms with van der Waals surface area (Å²) in [7, 11) is 0. The lowest BCUT2D eigenvalue weighted by atomic mass is 10.1. The van der Waals surface area contributed by atoms with Gasteiger partial charge in [-0.15, -0.1) is 0 Å². The molecule has 0 aliphatic heterocycles. The predicted octanol–water partition coefficient (Wildman–Crippen LogP) is 3.77. The van der Waals surface area contributed by atoms with Gasteiger partial charge < -0.3 is 5.32 Å². The second-order valence-corrected chi connectivity index (χ2v) is 5.76. The van der Waals surface area contributed by atoms with Gasteiger partial charge in [-0.2, -0.15) is 5.26 Å². The largest absolute Gasteiger partial charge is 0.307 e. The predicted molar refractivity (Wildman–Crippen MR) is 81.3 cm³/mol. The minimum absolute atomic E-state index is 0.682. The van der Waals surface area contributed by atoms with Crippen molar-refractivity contribution in [2.75, 3.05) is 0 Å². The van der Waals surface area contributed by atoms with E-state index in [0.29, 0.717) is 12.1 Å². The third-order valence-corrected chi connectivity index (χ3v) is 3.71. The molecule has 3 nitrogen and oxygen atoms in total. The summed E-state index contributed by atoms with van der Waals surface area (Å²) in [5.41, 5.74) is 2.80. The average molecular weight is 381 g/mol. The normalized spacial score (nSPS) is 10.2. The molecule has 2 aromatic rings. The zero-order chi connectivity index (χ0) is 13.7. The van der Waals surface area contributed by atoms with Crippen LogP contribution in [0.25, 0.3) is 0 Å². The maximum absolute atomic E-state index is 8.72. The molecule has 0 aliphatic rings. The SMILES string of the molecule is N#Cc1ccc(CNCc2ncc(Br)cc2Br)cc1. The van der Waals surface area contributed by atoms with E-state index in [-0.39, 0.29) is 0 Å². The van der Waals surface area contributed by atoms with Crippen LogP contribution in [0.5, 0.6) is 0 Å². The third kappa shape index (κ3) is 4.13. The van der Waals surface area contributed by atoms with Crippen LogP contribution in [0.4, 0.5) is 0 Å². The Labute approximate surface area is 128 Å². The lowest BCUT2D eigenvalue weighted by Crippen LogP contribution is -2.14. The van der Waals surface area contributed by atoms with E-state index < -0.39 is 0 Å². The highest BCUT2D eigenvalue weighted by molar-refractivity contribution is 9.11. The zero-order valence-corrected chi connectivity index (χ0v) is 13.2. The first-order valence-corrected chi connectivity index (χ1v) is 7.27. The Morgan fingerprint density at radius 3 is 2.53 bits per heavy atom. The van der Waals surface area contributed by atoms with Gasteiger partial charge >= 0.3 is 0 Å². The molecule has 1 heterocycles. The molecular formula is C14H11Br2N3. The number of pyridine rings is 1. The summed E-state index contributed by atoms with van der Waals surface area (Å²) < 4.78 is 1.93. The molecule has 0 bridgehead atoms. The highest BCUT2D eigenvalue weighted by Gasteiger charge is 2.02. The molecule has 1 aromatic carbocycles. The third-order valence-electron chi connectivity index (χ3n) is 2.59. The molecule has 2 rings (SSSR count). The topological polar surface area (TPSA) is 48.7 Å². The van der Waals surface area contributed by atoms with E-state index in [9.17, 15) is 0 Å². The minimum Gasteiger partial charge on any atom is -0.307 e. The number of aromatic nitrogens is 1. The van der Waals surface area contributed by atoms with Crippen LogP contribution in [0.3, 0.4) is 0 Å².